The Morgan fingerprint density at radius 1 is 1.17 bits per heavy atom. The first-order valence-corrected chi connectivity index (χ1v) is 9.05. The third kappa shape index (κ3) is 3.70. The van der Waals surface area contributed by atoms with Gasteiger partial charge in [-0.1, -0.05) is 5.11 Å². The first-order chi connectivity index (χ1) is 8.83. The second-order valence-corrected chi connectivity index (χ2v) is 7.91. The van der Waals surface area contributed by atoms with Crippen LogP contribution in [0.1, 0.15) is 0 Å². The number of nitrogens with zero attached hydrogens (tertiary/aromatic N) is 3. The Morgan fingerprint density at radius 3 is 2.44 bits per heavy atom. The van der Waals surface area contributed by atoms with Crippen LogP contribution in [-0.4, -0.2) is 18.6 Å². The highest BCUT2D eigenvalue weighted by molar-refractivity contribution is 8.01. The summed E-state index contributed by atoms with van der Waals surface area (Å²) in [6.07, 6.45) is 2.10. The fraction of sp³-hybridized carbons (Fsp3) is 0.273. The van der Waals surface area contributed by atoms with Crippen molar-refractivity contribution in [2.24, 2.45) is 5.11 Å². The zero-order chi connectivity index (χ0) is 12.8. The Hall–Kier alpha value is -0.590. The van der Waals surface area contributed by atoms with E-state index in [0.717, 1.165) is 5.75 Å². The summed E-state index contributed by atoms with van der Waals surface area (Å²) in [5.41, 5.74) is 8.19. The summed E-state index contributed by atoms with van der Waals surface area (Å²) in [4.78, 5) is 5.38. The Balaban J connectivity index is 1.99. The smallest absolute Gasteiger partial charge is 0.0605 e. The summed E-state index contributed by atoms with van der Waals surface area (Å²) in [6, 6.07) is 8.64. The second kappa shape index (κ2) is 7.11. The summed E-state index contributed by atoms with van der Waals surface area (Å²) in [7, 11) is 0. The van der Waals surface area contributed by atoms with Crippen LogP contribution in [0, 0.1) is 0 Å². The van der Waals surface area contributed by atoms with Gasteiger partial charge in [0.2, 0.25) is 0 Å². The van der Waals surface area contributed by atoms with Crippen molar-refractivity contribution in [3.63, 3.8) is 0 Å². The lowest BCUT2D eigenvalue weighted by atomic mass is 10.4. The number of hydrogen-bond acceptors (Lipinski definition) is 5. The van der Waals surface area contributed by atoms with Crippen molar-refractivity contribution in [1.29, 1.82) is 0 Å². The number of azide groups is 1. The molecule has 0 N–H and O–H groups in total. The van der Waals surface area contributed by atoms with Gasteiger partial charge in [-0.15, -0.1) is 46.2 Å². The maximum Gasteiger partial charge on any atom is 0.0605 e. The molecule has 3 nitrogen and oxygen atoms in total. The summed E-state index contributed by atoms with van der Waals surface area (Å²) in [5, 5.41) is 3.53. The molecule has 0 fully saturated rings. The molecule has 0 radical (unpaired) electrons. The molecular weight excluding hydrogens is 302 g/mol. The maximum absolute atomic E-state index is 8.19. The molecular formula is C11H11N3S4. The van der Waals surface area contributed by atoms with Gasteiger partial charge in [-0.3, -0.25) is 0 Å². The zero-order valence-corrected chi connectivity index (χ0v) is 13.0. The molecule has 2 heterocycles. The molecule has 94 valence electrons. The maximum atomic E-state index is 8.19. The van der Waals surface area contributed by atoms with E-state index in [9.17, 15) is 0 Å². The molecule has 0 aliphatic carbocycles. The van der Waals surface area contributed by atoms with Crippen LogP contribution < -0.4 is 0 Å². The van der Waals surface area contributed by atoms with Crippen LogP contribution in [0.15, 0.2) is 37.8 Å². The molecule has 0 aliphatic heterocycles. The fourth-order valence-corrected chi connectivity index (χ4v) is 4.99. The monoisotopic (exact) mass is 313 g/mol. The summed E-state index contributed by atoms with van der Waals surface area (Å²) < 4.78 is 2.62. The van der Waals surface area contributed by atoms with Gasteiger partial charge in [-0.05, 0) is 36.1 Å². The van der Waals surface area contributed by atoms with E-state index < -0.39 is 0 Å². The van der Waals surface area contributed by atoms with Crippen LogP contribution in [0.25, 0.3) is 20.2 Å². The van der Waals surface area contributed by atoms with E-state index in [0.29, 0.717) is 6.54 Å². The van der Waals surface area contributed by atoms with Crippen molar-refractivity contribution in [3.8, 4) is 9.75 Å². The van der Waals surface area contributed by atoms with Crippen molar-refractivity contribution in [1.82, 2.24) is 0 Å². The SMILES string of the molecule is CSc1ccc(-c2ccc(SCCN=[N+]=[N-])s2)s1. The Morgan fingerprint density at radius 2 is 1.83 bits per heavy atom. The van der Waals surface area contributed by atoms with E-state index in [4.69, 9.17) is 5.53 Å². The minimum absolute atomic E-state index is 0.546. The lowest BCUT2D eigenvalue weighted by molar-refractivity contribution is 1.12. The van der Waals surface area contributed by atoms with Crippen LogP contribution in [0.4, 0.5) is 0 Å². The highest BCUT2D eigenvalue weighted by atomic mass is 32.2. The molecule has 0 saturated heterocycles. The molecule has 0 spiro atoms. The number of hydrogen-bond donors (Lipinski definition) is 0. The molecule has 2 rings (SSSR count). The fourth-order valence-electron chi connectivity index (χ4n) is 1.32. The second-order valence-electron chi connectivity index (χ2n) is 3.24. The highest BCUT2D eigenvalue weighted by Crippen LogP contribution is 2.39. The number of rotatable bonds is 6. The summed E-state index contributed by atoms with van der Waals surface area (Å²) in [6.45, 7) is 0.546. The molecule has 7 heteroatoms. The average Bonchev–Trinajstić information content (AvgIpc) is 3.03. The molecule has 2 aromatic heterocycles. The Bertz CT molecular complexity index is 554. The third-order valence-electron chi connectivity index (χ3n) is 2.11. The van der Waals surface area contributed by atoms with E-state index >= 15 is 0 Å². The molecule has 2 aromatic rings. The molecule has 0 aromatic carbocycles. The first kappa shape index (κ1) is 13.8. The number of thiophene rings is 2. The minimum atomic E-state index is 0.546. The van der Waals surface area contributed by atoms with Gasteiger partial charge in [0.1, 0.15) is 0 Å². The average molecular weight is 313 g/mol. The van der Waals surface area contributed by atoms with Crippen LogP contribution >= 0.6 is 46.2 Å². The van der Waals surface area contributed by atoms with Gasteiger partial charge in [0.05, 0.1) is 8.42 Å². The molecule has 0 atom stereocenters. The van der Waals surface area contributed by atoms with Crippen molar-refractivity contribution < 1.29 is 0 Å². The van der Waals surface area contributed by atoms with Crippen molar-refractivity contribution in [2.75, 3.05) is 18.6 Å². The summed E-state index contributed by atoms with van der Waals surface area (Å²) >= 11 is 7.15. The van der Waals surface area contributed by atoms with Crippen molar-refractivity contribution >= 4 is 46.2 Å². The molecule has 0 unspecified atom stereocenters. The highest BCUT2D eigenvalue weighted by Gasteiger charge is 2.06. The zero-order valence-electron chi connectivity index (χ0n) is 9.70. The van der Waals surface area contributed by atoms with Gasteiger partial charge < -0.3 is 0 Å². The quantitative estimate of drug-likeness (QED) is 0.229. The van der Waals surface area contributed by atoms with Gasteiger partial charge in [0.15, 0.2) is 0 Å². The van der Waals surface area contributed by atoms with Gasteiger partial charge in [0, 0.05) is 27.0 Å². The summed E-state index contributed by atoms with van der Waals surface area (Å²) in [5.74, 6) is 0.838. The molecule has 0 amide bonds. The van der Waals surface area contributed by atoms with Gasteiger partial charge in [-0.2, -0.15) is 0 Å². The van der Waals surface area contributed by atoms with Crippen molar-refractivity contribution in [3.05, 3.63) is 34.7 Å². The van der Waals surface area contributed by atoms with E-state index in [1.54, 1.807) is 34.9 Å². The minimum Gasteiger partial charge on any atom is -0.128 e. The third-order valence-corrected chi connectivity index (χ3v) is 6.76. The standard InChI is InChI=1S/C11H11N3S4/c1-15-10-4-2-8(17-10)9-3-5-11(18-9)16-7-6-13-14-12/h2-5H,6-7H2,1H3. The van der Waals surface area contributed by atoms with Gasteiger partial charge in [-0.25, -0.2) is 0 Å². The van der Waals surface area contributed by atoms with Crippen LogP contribution in [0.3, 0.4) is 0 Å². The van der Waals surface area contributed by atoms with Gasteiger partial charge >= 0.3 is 0 Å². The van der Waals surface area contributed by atoms with E-state index in [-0.39, 0.29) is 0 Å². The first-order valence-electron chi connectivity index (χ1n) is 5.21. The lowest BCUT2D eigenvalue weighted by Crippen LogP contribution is -1.80. The molecule has 0 aliphatic rings. The van der Waals surface area contributed by atoms with E-state index in [1.807, 2.05) is 11.3 Å². The molecule has 0 saturated carbocycles. The number of thioether (sulfide) groups is 2. The van der Waals surface area contributed by atoms with Crippen LogP contribution in [0.5, 0.6) is 0 Å². The topological polar surface area (TPSA) is 48.8 Å². The molecule has 0 bridgehead atoms. The predicted molar refractivity (Wildman–Crippen MR) is 84.2 cm³/mol. The van der Waals surface area contributed by atoms with E-state index in [2.05, 4.69) is 40.5 Å². The predicted octanol–water partition coefficient (Wildman–Crippen LogP) is 5.60. The van der Waals surface area contributed by atoms with Crippen LogP contribution in [0.2, 0.25) is 0 Å². The lowest BCUT2D eigenvalue weighted by Gasteiger charge is -1.93. The normalized spacial score (nSPS) is 10.3. The van der Waals surface area contributed by atoms with Crippen LogP contribution in [-0.2, 0) is 0 Å². The van der Waals surface area contributed by atoms with Gasteiger partial charge in [0.25, 0.3) is 0 Å². The Kier molecular flexibility index (Phi) is 5.46. The van der Waals surface area contributed by atoms with Crippen molar-refractivity contribution in [2.45, 2.75) is 8.42 Å². The Labute approximate surface area is 122 Å². The van der Waals surface area contributed by atoms with E-state index in [1.165, 1.54) is 18.2 Å². The molecule has 18 heavy (non-hydrogen) atoms. The largest absolute Gasteiger partial charge is 0.128 e.